The summed E-state index contributed by atoms with van der Waals surface area (Å²) in [4.78, 5) is 15.7. The van der Waals surface area contributed by atoms with Crippen LogP contribution >= 0.6 is 0 Å². The number of carbonyl (C=O) groups excluding carboxylic acids is 1. The zero-order valence-electron chi connectivity index (χ0n) is 11.0. The Morgan fingerprint density at radius 1 is 1.37 bits per heavy atom. The van der Waals surface area contributed by atoms with Gasteiger partial charge in [-0.3, -0.25) is 4.79 Å². The number of carbonyl (C=O) groups is 1. The molecule has 5 heteroatoms. The van der Waals surface area contributed by atoms with Crippen molar-refractivity contribution in [2.24, 2.45) is 5.92 Å². The third kappa shape index (κ3) is 3.84. The fraction of sp³-hybridized carbons (Fsp3) is 0.286. The lowest BCUT2D eigenvalue weighted by molar-refractivity contribution is -0.118. The van der Waals surface area contributed by atoms with Crippen molar-refractivity contribution in [1.82, 2.24) is 4.98 Å². The van der Waals surface area contributed by atoms with E-state index in [4.69, 9.17) is 4.42 Å². The van der Waals surface area contributed by atoms with Gasteiger partial charge in [0.1, 0.15) is 11.6 Å². The highest BCUT2D eigenvalue weighted by Crippen LogP contribution is 2.12. The van der Waals surface area contributed by atoms with Crippen LogP contribution in [0.5, 0.6) is 0 Å². The summed E-state index contributed by atoms with van der Waals surface area (Å²) in [6, 6.07) is 7.38. The standard InChI is InChI=1S/C14H17N3O2/c1-10(2)14(18)17-13-6-5-11(8-16-13)15-9-12-4-3-7-19-12/h3-8,10,15H,9H2,1-2H3,(H,16,17,18). The van der Waals surface area contributed by atoms with Crippen LogP contribution in [0.2, 0.25) is 0 Å². The van der Waals surface area contributed by atoms with Gasteiger partial charge < -0.3 is 15.1 Å². The number of hydrogen-bond donors (Lipinski definition) is 2. The Morgan fingerprint density at radius 2 is 2.21 bits per heavy atom. The maximum atomic E-state index is 11.5. The van der Waals surface area contributed by atoms with Crippen LogP contribution in [0.1, 0.15) is 19.6 Å². The lowest BCUT2D eigenvalue weighted by Gasteiger charge is -2.08. The Labute approximate surface area is 112 Å². The third-order valence-corrected chi connectivity index (χ3v) is 2.59. The number of nitrogens with zero attached hydrogens (tertiary/aromatic N) is 1. The van der Waals surface area contributed by atoms with Crippen molar-refractivity contribution < 1.29 is 9.21 Å². The van der Waals surface area contributed by atoms with Crippen molar-refractivity contribution in [3.05, 3.63) is 42.5 Å². The number of rotatable bonds is 5. The molecule has 19 heavy (non-hydrogen) atoms. The molecule has 2 N–H and O–H groups in total. The maximum Gasteiger partial charge on any atom is 0.228 e. The van der Waals surface area contributed by atoms with E-state index in [0.717, 1.165) is 11.4 Å². The fourth-order valence-electron chi connectivity index (χ4n) is 1.45. The first kappa shape index (κ1) is 13.1. The molecule has 0 atom stereocenters. The molecule has 0 saturated carbocycles. The van der Waals surface area contributed by atoms with Crippen molar-refractivity contribution >= 4 is 17.4 Å². The van der Waals surface area contributed by atoms with Crippen LogP contribution < -0.4 is 10.6 Å². The molecule has 0 aliphatic carbocycles. The molecule has 0 radical (unpaired) electrons. The number of anilines is 2. The zero-order chi connectivity index (χ0) is 13.7. The summed E-state index contributed by atoms with van der Waals surface area (Å²) in [5.74, 6) is 1.32. The van der Waals surface area contributed by atoms with Crippen LogP contribution in [-0.4, -0.2) is 10.9 Å². The summed E-state index contributed by atoms with van der Waals surface area (Å²) in [5, 5.41) is 5.92. The van der Waals surface area contributed by atoms with Gasteiger partial charge in [-0.15, -0.1) is 0 Å². The van der Waals surface area contributed by atoms with E-state index in [1.807, 2.05) is 32.0 Å². The summed E-state index contributed by atoms with van der Waals surface area (Å²) >= 11 is 0. The first-order valence-corrected chi connectivity index (χ1v) is 6.18. The lowest BCUT2D eigenvalue weighted by Crippen LogP contribution is -2.18. The highest BCUT2D eigenvalue weighted by molar-refractivity contribution is 5.91. The molecule has 2 heterocycles. The van der Waals surface area contributed by atoms with E-state index in [2.05, 4.69) is 15.6 Å². The average Bonchev–Trinajstić information content (AvgIpc) is 2.91. The molecular weight excluding hydrogens is 242 g/mol. The number of pyridine rings is 1. The average molecular weight is 259 g/mol. The van der Waals surface area contributed by atoms with Crippen LogP contribution in [0.25, 0.3) is 0 Å². The van der Waals surface area contributed by atoms with Crippen LogP contribution in [-0.2, 0) is 11.3 Å². The predicted molar refractivity (Wildman–Crippen MR) is 73.7 cm³/mol. The zero-order valence-corrected chi connectivity index (χ0v) is 11.0. The minimum Gasteiger partial charge on any atom is -0.467 e. The second-order valence-electron chi connectivity index (χ2n) is 4.51. The normalized spacial score (nSPS) is 10.5. The molecule has 1 amide bonds. The Bertz CT molecular complexity index is 518. The van der Waals surface area contributed by atoms with Gasteiger partial charge in [-0.25, -0.2) is 4.98 Å². The van der Waals surface area contributed by atoms with E-state index in [-0.39, 0.29) is 11.8 Å². The van der Waals surface area contributed by atoms with Gasteiger partial charge in [0.25, 0.3) is 0 Å². The van der Waals surface area contributed by atoms with Crippen molar-refractivity contribution in [2.45, 2.75) is 20.4 Å². The van der Waals surface area contributed by atoms with Crippen molar-refractivity contribution in [2.75, 3.05) is 10.6 Å². The smallest absolute Gasteiger partial charge is 0.228 e. The van der Waals surface area contributed by atoms with Gasteiger partial charge in [-0.2, -0.15) is 0 Å². The summed E-state index contributed by atoms with van der Waals surface area (Å²) in [5.41, 5.74) is 0.874. The Kier molecular flexibility index (Phi) is 4.18. The fourth-order valence-corrected chi connectivity index (χ4v) is 1.45. The topological polar surface area (TPSA) is 67.2 Å². The van der Waals surface area contributed by atoms with E-state index in [1.54, 1.807) is 18.5 Å². The van der Waals surface area contributed by atoms with E-state index in [1.165, 1.54) is 0 Å². The second kappa shape index (κ2) is 6.04. The molecule has 0 fully saturated rings. The Morgan fingerprint density at radius 3 is 2.79 bits per heavy atom. The SMILES string of the molecule is CC(C)C(=O)Nc1ccc(NCc2ccco2)cn1. The maximum absolute atomic E-state index is 11.5. The first-order valence-electron chi connectivity index (χ1n) is 6.18. The molecule has 5 nitrogen and oxygen atoms in total. The van der Waals surface area contributed by atoms with Gasteiger partial charge in [0.15, 0.2) is 0 Å². The van der Waals surface area contributed by atoms with Crippen LogP contribution in [0.15, 0.2) is 41.1 Å². The van der Waals surface area contributed by atoms with Crippen LogP contribution in [0.3, 0.4) is 0 Å². The molecule has 0 spiro atoms. The molecule has 0 aliphatic rings. The molecular formula is C14H17N3O2. The highest BCUT2D eigenvalue weighted by atomic mass is 16.3. The molecule has 100 valence electrons. The molecule has 2 aromatic heterocycles. The Hall–Kier alpha value is -2.30. The second-order valence-corrected chi connectivity index (χ2v) is 4.51. The van der Waals surface area contributed by atoms with Crippen molar-refractivity contribution in [1.29, 1.82) is 0 Å². The number of aromatic nitrogens is 1. The molecule has 0 bridgehead atoms. The van der Waals surface area contributed by atoms with Crippen LogP contribution in [0, 0.1) is 5.92 Å². The quantitative estimate of drug-likeness (QED) is 0.866. The number of nitrogens with one attached hydrogen (secondary N) is 2. The molecule has 0 saturated heterocycles. The van der Waals surface area contributed by atoms with Gasteiger partial charge in [0.05, 0.1) is 24.7 Å². The largest absolute Gasteiger partial charge is 0.467 e. The first-order chi connectivity index (χ1) is 9.15. The van der Waals surface area contributed by atoms with Crippen molar-refractivity contribution in [3.63, 3.8) is 0 Å². The van der Waals surface area contributed by atoms with E-state index in [9.17, 15) is 4.79 Å². The van der Waals surface area contributed by atoms with Crippen LogP contribution in [0.4, 0.5) is 11.5 Å². The molecule has 0 unspecified atom stereocenters. The lowest BCUT2D eigenvalue weighted by atomic mass is 10.2. The van der Waals surface area contributed by atoms with Crippen molar-refractivity contribution in [3.8, 4) is 0 Å². The molecule has 2 aromatic rings. The van der Waals surface area contributed by atoms with Gasteiger partial charge >= 0.3 is 0 Å². The van der Waals surface area contributed by atoms with Gasteiger partial charge in [-0.1, -0.05) is 13.8 Å². The summed E-state index contributed by atoms with van der Waals surface area (Å²) in [7, 11) is 0. The number of furan rings is 1. The molecule has 2 rings (SSSR count). The minimum atomic E-state index is -0.0569. The Balaban J connectivity index is 1.89. The van der Waals surface area contributed by atoms with Gasteiger partial charge in [-0.05, 0) is 24.3 Å². The summed E-state index contributed by atoms with van der Waals surface area (Å²) < 4.78 is 5.22. The number of amides is 1. The van der Waals surface area contributed by atoms with Gasteiger partial charge in [0.2, 0.25) is 5.91 Å². The van der Waals surface area contributed by atoms with E-state index in [0.29, 0.717) is 12.4 Å². The van der Waals surface area contributed by atoms with E-state index >= 15 is 0 Å². The molecule has 0 aliphatic heterocycles. The monoisotopic (exact) mass is 259 g/mol. The predicted octanol–water partition coefficient (Wildman–Crippen LogP) is 2.88. The highest BCUT2D eigenvalue weighted by Gasteiger charge is 2.07. The summed E-state index contributed by atoms with van der Waals surface area (Å²) in [6.07, 6.45) is 3.32. The summed E-state index contributed by atoms with van der Waals surface area (Å²) in [6.45, 7) is 4.29. The van der Waals surface area contributed by atoms with E-state index < -0.39 is 0 Å². The third-order valence-electron chi connectivity index (χ3n) is 2.59. The number of hydrogen-bond acceptors (Lipinski definition) is 4. The molecule has 0 aromatic carbocycles. The minimum absolute atomic E-state index is 0.0382. The van der Waals surface area contributed by atoms with Gasteiger partial charge in [0, 0.05) is 5.92 Å².